The molecule has 100 valence electrons. The molecule has 0 unspecified atom stereocenters. The lowest BCUT2D eigenvalue weighted by Gasteiger charge is -2.37. The van der Waals surface area contributed by atoms with E-state index in [9.17, 15) is 0 Å². The average molecular weight is 247 g/mol. The molecule has 0 aliphatic heterocycles. The molecule has 2 nitrogen and oxygen atoms in total. The van der Waals surface area contributed by atoms with Crippen LogP contribution in [0.4, 0.5) is 0 Å². The van der Waals surface area contributed by atoms with Gasteiger partial charge in [0.15, 0.2) is 0 Å². The highest BCUT2D eigenvalue weighted by Crippen LogP contribution is 2.28. The zero-order valence-corrected chi connectivity index (χ0v) is 11.9. The fourth-order valence-corrected chi connectivity index (χ4v) is 2.41. The molecule has 1 aromatic rings. The van der Waals surface area contributed by atoms with Gasteiger partial charge >= 0.3 is 0 Å². The quantitative estimate of drug-likeness (QED) is 0.856. The van der Waals surface area contributed by atoms with E-state index in [0.717, 1.165) is 18.6 Å². The Morgan fingerprint density at radius 1 is 1.17 bits per heavy atom. The van der Waals surface area contributed by atoms with Gasteiger partial charge in [-0.2, -0.15) is 0 Å². The molecule has 0 saturated heterocycles. The lowest BCUT2D eigenvalue weighted by Crippen LogP contribution is -2.49. The first-order valence-corrected chi connectivity index (χ1v) is 7.07. The molecule has 2 rings (SSSR count). The van der Waals surface area contributed by atoms with Crippen LogP contribution < -0.4 is 10.1 Å². The SMILES string of the molecule is CC(C)N[C@H]1C[C@@H](Oc2cccc(C(C)C)c2)C1. The maximum Gasteiger partial charge on any atom is 0.120 e. The van der Waals surface area contributed by atoms with E-state index in [1.165, 1.54) is 5.56 Å². The maximum absolute atomic E-state index is 6.01. The predicted molar refractivity (Wildman–Crippen MR) is 76.2 cm³/mol. The number of benzene rings is 1. The Morgan fingerprint density at radius 2 is 1.89 bits per heavy atom. The van der Waals surface area contributed by atoms with Crippen molar-refractivity contribution in [2.24, 2.45) is 0 Å². The zero-order valence-electron chi connectivity index (χ0n) is 11.9. The number of nitrogens with one attached hydrogen (secondary N) is 1. The first-order valence-electron chi connectivity index (χ1n) is 7.07. The smallest absolute Gasteiger partial charge is 0.120 e. The maximum atomic E-state index is 6.01. The van der Waals surface area contributed by atoms with Gasteiger partial charge in [-0.1, -0.05) is 39.8 Å². The van der Waals surface area contributed by atoms with Gasteiger partial charge in [0.2, 0.25) is 0 Å². The van der Waals surface area contributed by atoms with E-state index in [1.54, 1.807) is 0 Å². The lowest BCUT2D eigenvalue weighted by molar-refractivity contribution is 0.0814. The van der Waals surface area contributed by atoms with Gasteiger partial charge < -0.3 is 10.1 Å². The molecular formula is C16H25NO. The van der Waals surface area contributed by atoms with Crippen molar-refractivity contribution in [2.75, 3.05) is 0 Å². The van der Waals surface area contributed by atoms with Gasteiger partial charge in [-0.15, -0.1) is 0 Å². The van der Waals surface area contributed by atoms with E-state index in [2.05, 4.69) is 57.3 Å². The van der Waals surface area contributed by atoms with Crippen LogP contribution in [0, 0.1) is 0 Å². The van der Waals surface area contributed by atoms with Gasteiger partial charge in [0.25, 0.3) is 0 Å². The summed E-state index contributed by atoms with van der Waals surface area (Å²) in [5.41, 5.74) is 1.35. The summed E-state index contributed by atoms with van der Waals surface area (Å²) >= 11 is 0. The first kappa shape index (κ1) is 13.4. The van der Waals surface area contributed by atoms with Crippen molar-refractivity contribution >= 4 is 0 Å². The molecule has 0 radical (unpaired) electrons. The van der Waals surface area contributed by atoms with Crippen molar-refractivity contribution in [2.45, 2.75) is 64.6 Å². The van der Waals surface area contributed by atoms with Crippen LogP contribution in [0.15, 0.2) is 24.3 Å². The average Bonchev–Trinajstić information content (AvgIpc) is 2.26. The van der Waals surface area contributed by atoms with Crippen LogP contribution in [0.2, 0.25) is 0 Å². The summed E-state index contributed by atoms with van der Waals surface area (Å²) in [5, 5.41) is 3.54. The molecule has 0 spiro atoms. The van der Waals surface area contributed by atoms with Gasteiger partial charge in [-0.3, -0.25) is 0 Å². The Balaban J connectivity index is 1.83. The molecule has 0 aromatic heterocycles. The van der Waals surface area contributed by atoms with Crippen molar-refractivity contribution in [1.82, 2.24) is 5.32 Å². The minimum absolute atomic E-state index is 0.392. The molecular weight excluding hydrogens is 222 g/mol. The van der Waals surface area contributed by atoms with E-state index in [4.69, 9.17) is 4.74 Å². The molecule has 2 heteroatoms. The van der Waals surface area contributed by atoms with Crippen molar-refractivity contribution in [1.29, 1.82) is 0 Å². The van der Waals surface area contributed by atoms with Crippen molar-refractivity contribution in [3.63, 3.8) is 0 Å². The summed E-state index contributed by atoms with van der Waals surface area (Å²) in [6, 6.07) is 9.71. The number of hydrogen-bond donors (Lipinski definition) is 1. The number of ether oxygens (including phenoxy) is 1. The molecule has 0 bridgehead atoms. The Hall–Kier alpha value is -1.02. The van der Waals surface area contributed by atoms with Crippen LogP contribution in [-0.4, -0.2) is 18.2 Å². The fraction of sp³-hybridized carbons (Fsp3) is 0.625. The monoisotopic (exact) mass is 247 g/mol. The van der Waals surface area contributed by atoms with Gasteiger partial charge in [0.05, 0.1) is 0 Å². The Labute approximate surface area is 111 Å². The standard InChI is InChI=1S/C16H25NO/c1-11(2)13-6-5-7-15(8-13)18-16-9-14(10-16)17-12(3)4/h5-8,11-12,14,16-17H,9-10H2,1-4H3/t14-,16+. The summed E-state index contributed by atoms with van der Waals surface area (Å²) in [4.78, 5) is 0. The van der Waals surface area contributed by atoms with E-state index in [0.29, 0.717) is 24.1 Å². The molecule has 0 heterocycles. The predicted octanol–water partition coefficient (Wildman–Crippen LogP) is 3.72. The number of rotatable bonds is 5. The highest BCUT2D eigenvalue weighted by molar-refractivity contribution is 5.30. The normalized spacial score (nSPS) is 23.2. The molecule has 1 aromatic carbocycles. The Kier molecular flexibility index (Phi) is 4.28. The Morgan fingerprint density at radius 3 is 2.50 bits per heavy atom. The molecule has 1 N–H and O–H groups in total. The van der Waals surface area contributed by atoms with Crippen molar-refractivity contribution in [3.05, 3.63) is 29.8 Å². The van der Waals surface area contributed by atoms with E-state index in [-0.39, 0.29) is 0 Å². The largest absolute Gasteiger partial charge is 0.490 e. The second-order valence-electron chi connectivity index (χ2n) is 5.96. The summed E-state index contributed by atoms with van der Waals surface area (Å²) in [6.07, 6.45) is 2.65. The highest BCUT2D eigenvalue weighted by atomic mass is 16.5. The molecule has 1 aliphatic rings. The van der Waals surface area contributed by atoms with Crippen molar-refractivity contribution < 1.29 is 4.74 Å². The minimum atomic E-state index is 0.392. The summed E-state index contributed by atoms with van der Waals surface area (Å²) < 4.78 is 6.01. The van der Waals surface area contributed by atoms with E-state index in [1.807, 2.05) is 0 Å². The fourth-order valence-electron chi connectivity index (χ4n) is 2.41. The number of hydrogen-bond acceptors (Lipinski definition) is 2. The third-order valence-electron chi connectivity index (χ3n) is 3.49. The molecule has 1 aliphatic carbocycles. The van der Waals surface area contributed by atoms with Gasteiger partial charge in [-0.25, -0.2) is 0 Å². The third-order valence-corrected chi connectivity index (χ3v) is 3.49. The Bertz CT molecular complexity index is 380. The molecule has 18 heavy (non-hydrogen) atoms. The van der Waals surface area contributed by atoms with Crippen LogP contribution in [0.25, 0.3) is 0 Å². The van der Waals surface area contributed by atoms with E-state index < -0.39 is 0 Å². The molecule has 0 amide bonds. The first-order chi connectivity index (χ1) is 8.54. The molecule has 1 fully saturated rings. The van der Waals surface area contributed by atoms with Crippen LogP contribution in [0.1, 0.15) is 52.0 Å². The van der Waals surface area contributed by atoms with Gasteiger partial charge in [0, 0.05) is 12.1 Å². The van der Waals surface area contributed by atoms with Gasteiger partial charge in [0.1, 0.15) is 11.9 Å². The molecule has 0 atom stereocenters. The highest BCUT2D eigenvalue weighted by Gasteiger charge is 2.30. The minimum Gasteiger partial charge on any atom is -0.490 e. The summed E-state index contributed by atoms with van der Waals surface area (Å²) in [6.45, 7) is 8.82. The summed E-state index contributed by atoms with van der Waals surface area (Å²) in [7, 11) is 0. The zero-order chi connectivity index (χ0) is 13.1. The van der Waals surface area contributed by atoms with E-state index >= 15 is 0 Å². The van der Waals surface area contributed by atoms with Crippen molar-refractivity contribution in [3.8, 4) is 5.75 Å². The topological polar surface area (TPSA) is 21.3 Å². The third kappa shape index (κ3) is 3.49. The second-order valence-corrected chi connectivity index (χ2v) is 5.96. The van der Waals surface area contributed by atoms with Crippen LogP contribution >= 0.6 is 0 Å². The van der Waals surface area contributed by atoms with Crippen LogP contribution in [0.3, 0.4) is 0 Å². The lowest BCUT2D eigenvalue weighted by atomic mass is 9.88. The summed E-state index contributed by atoms with van der Waals surface area (Å²) in [5.74, 6) is 1.58. The van der Waals surface area contributed by atoms with Crippen LogP contribution in [0.5, 0.6) is 5.75 Å². The van der Waals surface area contributed by atoms with Crippen LogP contribution in [-0.2, 0) is 0 Å². The molecule has 1 saturated carbocycles. The second kappa shape index (κ2) is 5.75. The van der Waals surface area contributed by atoms with Gasteiger partial charge in [-0.05, 0) is 36.5 Å².